The fourth-order valence-corrected chi connectivity index (χ4v) is 2.22. The Morgan fingerprint density at radius 1 is 1.19 bits per heavy atom. The molecular formula is C16H16N4O. The van der Waals surface area contributed by atoms with Crippen molar-refractivity contribution in [3.8, 4) is 11.3 Å². The average Bonchev–Trinajstić information content (AvgIpc) is 2.91. The lowest BCUT2D eigenvalue weighted by atomic mass is 10.1. The lowest BCUT2D eigenvalue weighted by molar-refractivity contribution is 0.0944. The average molecular weight is 280 g/mol. The number of carbonyl (C=O) groups is 1. The van der Waals surface area contributed by atoms with Gasteiger partial charge in [0.2, 0.25) is 0 Å². The summed E-state index contributed by atoms with van der Waals surface area (Å²) in [4.78, 5) is 16.5. The van der Waals surface area contributed by atoms with E-state index in [0.29, 0.717) is 11.2 Å². The van der Waals surface area contributed by atoms with Gasteiger partial charge in [0, 0.05) is 17.8 Å². The number of nitrogens with one attached hydrogen (secondary N) is 1. The summed E-state index contributed by atoms with van der Waals surface area (Å²) < 4.78 is 1.70. The predicted octanol–water partition coefficient (Wildman–Crippen LogP) is 2.53. The minimum Gasteiger partial charge on any atom is -0.350 e. The van der Waals surface area contributed by atoms with Crippen molar-refractivity contribution in [3.63, 3.8) is 0 Å². The van der Waals surface area contributed by atoms with Gasteiger partial charge in [0.15, 0.2) is 5.65 Å². The van der Waals surface area contributed by atoms with Crippen molar-refractivity contribution in [2.45, 2.75) is 19.9 Å². The van der Waals surface area contributed by atoms with E-state index in [0.717, 1.165) is 11.3 Å². The number of rotatable bonds is 3. The molecule has 1 amide bonds. The van der Waals surface area contributed by atoms with E-state index in [-0.39, 0.29) is 11.9 Å². The van der Waals surface area contributed by atoms with Gasteiger partial charge in [0.05, 0.1) is 11.9 Å². The van der Waals surface area contributed by atoms with Crippen LogP contribution in [0.4, 0.5) is 0 Å². The van der Waals surface area contributed by atoms with Gasteiger partial charge in [-0.3, -0.25) is 4.79 Å². The Kier molecular flexibility index (Phi) is 3.39. The molecule has 0 radical (unpaired) electrons. The van der Waals surface area contributed by atoms with E-state index in [2.05, 4.69) is 15.4 Å². The minimum absolute atomic E-state index is 0.0738. The molecule has 0 atom stereocenters. The number of hydrogen-bond acceptors (Lipinski definition) is 3. The first kappa shape index (κ1) is 13.3. The lowest BCUT2D eigenvalue weighted by Gasteiger charge is -2.07. The molecule has 2 aromatic heterocycles. The van der Waals surface area contributed by atoms with E-state index < -0.39 is 0 Å². The van der Waals surface area contributed by atoms with Crippen molar-refractivity contribution in [1.82, 2.24) is 19.9 Å². The molecule has 0 saturated carbocycles. The molecule has 106 valence electrons. The van der Waals surface area contributed by atoms with Crippen LogP contribution in [0.2, 0.25) is 0 Å². The third-order valence-corrected chi connectivity index (χ3v) is 3.14. The molecule has 0 bridgehead atoms. The molecule has 0 spiro atoms. The second-order valence-corrected chi connectivity index (χ2v) is 5.12. The van der Waals surface area contributed by atoms with E-state index in [4.69, 9.17) is 0 Å². The SMILES string of the molecule is CC(C)NC(=O)c1cnn2c(-c3ccccc3)ccnc12. The highest BCUT2D eigenvalue weighted by atomic mass is 16.1. The number of amides is 1. The van der Waals surface area contributed by atoms with Crippen molar-refractivity contribution in [3.05, 3.63) is 54.4 Å². The van der Waals surface area contributed by atoms with Crippen molar-refractivity contribution in [2.24, 2.45) is 0 Å². The predicted molar refractivity (Wildman–Crippen MR) is 81.0 cm³/mol. The molecular weight excluding hydrogens is 264 g/mol. The molecule has 0 aliphatic carbocycles. The van der Waals surface area contributed by atoms with E-state index in [1.54, 1.807) is 16.9 Å². The van der Waals surface area contributed by atoms with Crippen molar-refractivity contribution < 1.29 is 4.79 Å². The summed E-state index contributed by atoms with van der Waals surface area (Å²) in [7, 11) is 0. The maximum absolute atomic E-state index is 12.2. The largest absolute Gasteiger partial charge is 0.350 e. The monoisotopic (exact) mass is 280 g/mol. The summed E-state index contributed by atoms with van der Waals surface area (Å²) in [6.45, 7) is 3.85. The first-order chi connectivity index (χ1) is 10.2. The molecule has 0 aliphatic rings. The summed E-state index contributed by atoms with van der Waals surface area (Å²) in [6.07, 6.45) is 3.26. The number of nitrogens with zero attached hydrogens (tertiary/aromatic N) is 3. The quantitative estimate of drug-likeness (QED) is 0.802. The molecule has 0 saturated heterocycles. The van der Waals surface area contributed by atoms with Crippen LogP contribution in [0.15, 0.2) is 48.8 Å². The Balaban J connectivity index is 2.11. The summed E-state index contributed by atoms with van der Waals surface area (Å²) in [5.74, 6) is -0.155. The number of hydrogen-bond donors (Lipinski definition) is 1. The fourth-order valence-electron chi connectivity index (χ4n) is 2.22. The highest BCUT2D eigenvalue weighted by Gasteiger charge is 2.16. The highest BCUT2D eigenvalue weighted by molar-refractivity contribution is 6.00. The molecule has 2 heterocycles. The van der Waals surface area contributed by atoms with Gasteiger partial charge in [-0.05, 0) is 19.9 Å². The first-order valence-corrected chi connectivity index (χ1v) is 6.86. The lowest BCUT2D eigenvalue weighted by Crippen LogP contribution is -2.30. The third-order valence-electron chi connectivity index (χ3n) is 3.14. The Labute approximate surface area is 122 Å². The fraction of sp³-hybridized carbons (Fsp3) is 0.188. The minimum atomic E-state index is -0.155. The Hall–Kier alpha value is -2.69. The second-order valence-electron chi connectivity index (χ2n) is 5.12. The smallest absolute Gasteiger partial charge is 0.256 e. The van der Waals surface area contributed by atoms with Gasteiger partial charge in [-0.1, -0.05) is 30.3 Å². The van der Waals surface area contributed by atoms with Crippen LogP contribution in [0.1, 0.15) is 24.2 Å². The van der Waals surface area contributed by atoms with Crippen molar-refractivity contribution >= 4 is 11.6 Å². The van der Waals surface area contributed by atoms with Crippen molar-refractivity contribution in [2.75, 3.05) is 0 Å². The maximum atomic E-state index is 12.2. The molecule has 1 N–H and O–H groups in total. The Morgan fingerprint density at radius 3 is 2.67 bits per heavy atom. The molecule has 1 aromatic carbocycles. The maximum Gasteiger partial charge on any atom is 0.256 e. The zero-order valence-electron chi connectivity index (χ0n) is 11.9. The summed E-state index contributed by atoms with van der Waals surface area (Å²) >= 11 is 0. The molecule has 5 heteroatoms. The van der Waals surface area contributed by atoms with Crippen LogP contribution < -0.4 is 5.32 Å². The van der Waals surface area contributed by atoms with Crippen LogP contribution in [0.5, 0.6) is 0 Å². The van der Waals surface area contributed by atoms with Crippen LogP contribution in [0.25, 0.3) is 16.9 Å². The van der Waals surface area contributed by atoms with E-state index >= 15 is 0 Å². The van der Waals surface area contributed by atoms with Crippen molar-refractivity contribution in [1.29, 1.82) is 0 Å². The molecule has 3 rings (SSSR count). The molecule has 0 unspecified atom stereocenters. The molecule has 21 heavy (non-hydrogen) atoms. The van der Waals surface area contributed by atoms with E-state index in [1.165, 1.54) is 0 Å². The normalized spacial score (nSPS) is 11.0. The van der Waals surface area contributed by atoms with Gasteiger partial charge in [0.25, 0.3) is 5.91 Å². The highest BCUT2D eigenvalue weighted by Crippen LogP contribution is 2.20. The van der Waals surface area contributed by atoms with Gasteiger partial charge in [0.1, 0.15) is 5.56 Å². The van der Waals surface area contributed by atoms with Gasteiger partial charge in [-0.15, -0.1) is 0 Å². The zero-order valence-corrected chi connectivity index (χ0v) is 11.9. The summed E-state index contributed by atoms with van der Waals surface area (Å²) in [6, 6.07) is 11.9. The Morgan fingerprint density at radius 2 is 1.95 bits per heavy atom. The standard InChI is InChI=1S/C16H16N4O/c1-11(2)19-16(21)13-10-18-20-14(8-9-17-15(13)20)12-6-4-3-5-7-12/h3-11H,1-2H3,(H,19,21). The van der Waals surface area contributed by atoms with Gasteiger partial charge >= 0.3 is 0 Å². The number of carbonyl (C=O) groups excluding carboxylic acids is 1. The van der Waals surface area contributed by atoms with Crippen LogP contribution in [-0.2, 0) is 0 Å². The number of benzene rings is 1. The third kappa shape index (κ3) is 2.50. The zero-order chi connectivity index (χ0) is 14.8. The second kappa shape index (κ2) is 5.36. The van der Waals surface area contributed by atoms with Gasteiger partial charge < -0.3 is 5.32 Å². The molecule has 3 aromatic rings. The van der Waals surface area contributed by atoms with Crippen LogP contribution in [0.3, 0.4) is 0 Å². The Bertz CT molecular complexity index is 777. The summed E-state index contributed by atoms with van der Waals surface area (Å²) in [5.41, 5.74) is 2.99. The molecule has 0 aliphatic heterocycles. The molecule has 0 fully saturated rings. The van der Waals surface area contributed by atoms with E-state index in [1.807, 2.05) is 50.2 Å². The number of fused-ring (bicyclic) bond motifs is 1. The van der Waals surface area contributed by atoms with Gasteiger partial charge in [-0.25, -0.2) is 9.50 Å². The first-order valence-electron chi connectivity index (χ1n) is 6.86. The van der Waals surface area contributed by atoms with Crippen LogP contribution in [0, 0.1) is 0 Å². The molecule has 5 nitrogen and oxygen atoms in total. The van der Waals surface area contributed by atoms with E-state index in [9.17, 15) is 4.79 Å². The topological polar surface area (TPSA) is 59.3 Å². The number of aromatic nitrogens is 3. The van der Waals surface area contributed by atoms with Crippen LogP contribution in [-0.4, -0.2) is 26.5 Å². The van der Waals surface area contributed by atoms with Gasteiger partial charge in [-0.2, -0.15) is 5.10 Å². The summed E-state index contributed by atoms with van der Waals surface area (Å²) in [5, 5.41) is 7.18. The van der Waals surface area contributed by atoms with Crippen LogP contribution >= 0.6 is 0 Å².